The van der Waals surface area contributed by atoms with Crippen molar-refractivity contribution in [3.8, 4) is 0 Å². The first-order valence-corrected chi connectivity index (χ1v) is 4.66. The summed E-state index contributed by atoms with van der Waals surface area (Å²) in [7, 11) is 0. The lowest BCUT2D eigenvalue weighted by Gasteiger charge is -1.97. The van der Waals surface area contributed by atoms with Gasteiger partial charge in [0.25, 0.3) is 0 Å². The van der Waals surface area contributed by atoms with Gasteiger partial charge in [0.05, 0.1) is 18.0 Å². The standard InChI is InChI=1S/C12H10N2O/c15-13-12(11-7-3-1-4-8-11)14-9-5-2-6-10-14/h1-10H/p+1. The van der Waals surface area contributed by atoms with E-state index in [0.717, 1.165) is 5.56 Å². The predicted molar refractivity (Wildman–Crippen MR) is 56.8 cm³/mol. The topological polar surface area (TPSA) is 36.5 Å². The molecule has 0 saturated carbocycles. The van der Waals surface area contributed by atoms with Gasteiger partial charge in [0, 0.05) is 0 Å². The minimum atomic E-state index is 0.510. The van der Waals surface area contributed by atoms with Gasteiger partial charge in [-0.1, -0.05) is 24.3 Å². The first-order valence-electron chi connectivity index (χ1n) is 4.66. The Bertz CT molecular complexity index is 410. The van der Waals surface area contributed by atoms with Crippen molar-refractivity contribution in [2.45, 2.75) is 0 Å². The van der Waals surface area contributed by atoms with Crippen molar-refractivity contribution in [3.05, 3.63) is 66.5 Å². The van der Waals surface area contributed by atoms with Crippen LogP contribution in [0.5, 0.6) is 0 Å². The van der Waals surface area contributed by atoms with E-state index in [1.807, 2.05) is 60.9 Å². The fraction of sp³-hybridized carbons (Fsp3) is 0. The Morgan fingerprint density at radius 3 is 2.13 bits per heavy atom. The van der Waals surface area contributed by atoms with Crippen molar-refractivity contribution in [3.63, 3.8) is 0 Å². The van der Waals surface area contributed by atoms with Gasteiger partial charge < -0.3 is 5.21 Å². The first kappa shape index (κ1) is 9.40. The van der Waals surface area contributed by atoms with Gasteiger partial charge in [-0.05, 0) is 24.3 Å². The third kappa shape index (κ3) is 2.02. The highest BCUT2D eigenvalue weighted by atomic mass is 16.4. The van der Waals surface area contributed by atoms with E-state index in [9.17, 15) is 0 Å². The smallest absolute Gasteiger partial charge is 0.313 e. The number of benzene rings is 1. The van der Waals surface area contributed by atoms with Gasteiger partial charge in [0.2, 0.25) is 0 Å². The summed E-state index contributed by atoms with van der Waals surface area (Å²) in [5.74, 6) is 0.510. The molecule has 3 nitrogen and oxygen atoms in total. The van der Waals surface area contributed by atoms with Gasteiger partial charge >= 0.3 is 5.84 Å². The maximum absolute atomic E-state index is 9.00. The van der Waals surface area contributed by atoms with Crippen LogP contribution < -0.4 is 4.57 Å². The van der Waals surface area contributed by atoms with Crippen molar-refractivity contribution in [1.82, 2.24) is 0 Å². The molecule has 0 bridgehead atoms. The van der Waals surface area contributed by atoms with E-state index in [4.69, 9.17) is 5.21 Å². The predicted octanol–water partition coefficient (Wildman–Crippen LogP) is 1.66. The molecule has 1 aromatic heterocycles. The third-order valence-electron chi connectivity index (χ3n) is 2.09. The van der Waals surface area contributed by atoms with Crippen LogP contribution in [0.4, 0.5) is 0 Å². The van der Waals surface area contributed by atoms with Crippen LogP contribution in [0.25, 0.3) is 0 Å². The van der Waals surface area contributed by atoms with Gasteiger partial charge in [-0.2, -0.15) is 4.57 Å². The van der Waals surface area contributed by atoms with Crippen LogP contribution in [0.2, 0.25) is 0 Å². The van der Waals surface area contributed by atoms with Crippen molar-refractivity contribution < 1.29 is 9.77 Å². The number of oxime groups is 1. The number of rotatable bonds is 1. The molecule has 2 rings (SSSR count). The molecule has 15 heavy (non-hydrogen) atoms. The Labute approximate surface area is 87.9 Å². The molecule has 0 amide bonds. The average Bonchev–Trinajstić information content (AvgIpc) is 2.33. The lowest BCUT2D eigenvalue weighted by molar-refractivity contribution is -0.555. The average molecular weight is 199 g/mol. The Morgan fingerprint density at radius 2 is 1.53 bits per heavy atom. The Hall–Kier alpha value is -2.16. The van der Waals surface area contributed by atoms with Crippen LogP contribution in [0.15, 0.2) is 66.1 Å². The van der Waals surface area contributed by atoms with Gasteiger partial charge in [0.15, 0.2) is 5.16 Å². The van der Waals surface area contributed by atoms with Gasteiger partial charge in [-0.15, -0.1) is 0 Å². The molecule has 1 aromatic carbocycles. The molecule has 1 N–H and O–H groups in total. The number of hydrogen-bond acceptors (Lipinski definition) is 2. The molecule has 0 aliphatic rings. The van der Waals surface area contributed by atoms with E-state index < -0.39 is 0 Å². The molecule has 74 valence electrons. The lowest BCUT2D eigenvalue weighted by Crippen LogP contribution is -2.42. The molecule has 0 fully saturated rings. The highest BCUT2D eigenvalue weighted by molar-refractivity contribution is 5.91. The summed E-state index contributed by atoms with van der Waals surface area (Å²) in [4.78, 5) is 0. The fourth-order valence-corrected chi connectivity index (χ4v) is 1.39. The Balaban J connectivity index is 2.44. The number of nitrogens with zero attached hydrogens (tertiary/aromatic N) is 2. The third-order valence-corrected chi connectivity index (χ3v) is 2.09. The van der Waals surface area contributed by atoms with E-state index in [1.54, 1.807) is 4.57 Å². The van der Waals surface area contributed by atoms with E-state index >= 15 is 0 Å². The minimum absolute atomic E-state index is 0.510. The molecule has 2 aromatic rings. The molecule has 0 saturated heterocycles. The summed E-state index contributed by atoms with van der Waals surface area (Å²) in [6.07, 6.45) is 3.67. The molecule has 0 atom stereocenters. The van der Waals surface area contributed by atoms with Crippen LogP contribution in [-0.2, 0) is 0 Å². The van der Waals surface area contributed by atoms with E-state index in [0.29, 0.717) is 5.84 Å². The van der Waals surface area contributed by atoms with Crippen LogP contribution in [0.3, 0.4) is 0 Å². The summed E-state index contributed by atoms with van der Waals surface area (Å²) < 4.78 is 1.76. The zero-order valence-electron chi connectivity index (χ0n) is 8.12. The van der Waals surface area contributed by atoms with E-state index in [-0.39, 0.29) is 0 Å². The SMILES string of the molecule is ON=C(c1ccccc1)[n+]1ccccc1. The molecule has 0 unspecified atom stereocenters. The van der Waals surface area contributed by atoms with E-state index in [2.05, 4.69) is 5.16 Å². The van der Waals surface area contributed by atoms with Crippen molar-refractivity contribution in [1.29, 1.82) is 0 Å². The Kier molecular flexibility index (Phi) is 2.74. The maximum atomic E-state index is 9.00. The molecular weight excluding hydrogens is 188 g/mol. The maximum Gasteiger partial charge on any atom is 0.381 e. The summed E-state index contributed by atoms with van der Waals surface area (Å²) >= 11 is 0. The Morgan fingerprint density at radius 1 is 0.933 bits per heavy atom. The monoisotopic (exact) mass is 199 g/mol. The van der Waals surface area contributed by atoms with Gasteiger partial charge in [-0.25, -0.2) is 0 Å². The highest BCUT2D eigenvalue weighted by Gasteiger charge is 2.14. The number of aromatic nitrogens is 1. The molecule has 0 radical (unpaired) electrons. The summed E-state index contributed by atoms with van der Waals surface area (Å²) in [5.41, 5.74) is 0.871. The van der Waals surface area contributed by atoms with Gasteiger partial charge in [0.1, 0.15) is 0 Å². The number of pyridine rings is 1. The second-order valence-corrected chi connectivity index (χ2v) is 3.07. The number of hydrogen-bond donors (Lipinski definition) is 1. The largest absolute Gasteiger partial charge is 0.381 e. The second-order valence-electron chi connectivity index (χ2n) is 3.07. The lowest BCUT2D eigenvalue weighted by atomic mass is 10.2. The van der Waals surface area contributed by atoms with E-state index in [1.165, 1.54) is 0 Å². The van der Waals surface area contributed by atoms with Crippen LogP contribution in [-0.4, -0.2) is 11.0 Å². The molecule has 0 spiro atoms. The zero-order valence-corrected chi connectivity index (χ0v) is 8.12. The summed E-state index contributed by atoms with van der Waals surface area (Å²) in [6, 6.07) is 15.2. The molecule has 0 aliphatic carbocycles. The van der Waals surface area contributed by atoms with Crippen LogP contribution >= 0.6 is 0 Å². The molecule has 1 heterocycles. The summed E-state index contributed by atoms with van der Waals surface area (Å²) in [6.45, 7) is 0. The molecular formula is C12H11N2O+. The van der Waals surface area contributed by atoms with Gasteiger partial charge in [-0.3, -0.25) is 0 Å². The summed E-state index contributed by atoms with van der Waals surface area (Å²) in [5, 5.41) is 12.3. The van der Waals surface area contributed by atoms with Crippen molar-refractivity contribution in [2.75, 3.05) is 0 Å². The normalized spacial score (nSPS) is 11.3. The highest BCUT2D eigenvalue weighted by Crippen LogP contribution is 1.98. The fourth-order valence-electron chi connectivity index (χ4n) is 1.39. The van der Waals surface area contributed by atoms with Crippen LogP contribution in [0, 0.1) is 0 Å². The zero-order chi connectivity index (χ0) is 10.5. The first-order chi connectivity index (χ1) is 7.42. The van der Waals surface area contributed by atoms with Crippen molar-refractivity contribution in [2.24, 2.45) is 5.16 Å². The van der Waals surface area contributed by atoms with Crippen molar-refractivity contribution >= 4 is 5.84 Å². The molecule has 0 aliphatic heterocycles. The quantitative estimate of drug-likeness (QED) is 0.245. The van der Waals surface area contributed by atoms with Crippen LogP contribution in [0.1, 0.15) is 5.56 Å². The molecule has 3 heteroatoms. The second kappa shape index (κ2) is 4.37. The minimum Gasteiger partial charge on any atom is -0.313 e.